The maximum atomic E-state index is 14.0. The van der Waals surface area contributed by atoms with E-state index in [1.165, 1.54) is 13.8 Å². The van der Waals surface area contributed by atoms with Gasteiger partial charge in [-0.2, -0.15) is 0 Å². The molecule has 0 aliphatic carbocycles. The first-order valence-electron chi connectivity index (χ1n) is 17.6. The molecule has 0 aromatic heterocycles. The van der Waals surface area contributed by atoms with E-state index in [1.807, 2.05) is 24.3 Å². The molecule has 4 aromatic carbocycles. The number of carbonyl (C=O) groups excluding carboxylic acids is 6. The maximum Gasteiger partial charge on any atom is 0.337 e. The Labute approximate surface area is 313 Å². The van der Waals surface area contributed by atoms with Crippen molar-refractivity contribution >= 4 is 35.7 Å². The van der Waals surface area contributed by atoms with Crippen LogP contribution in [-0.4, -0.2) is 69.9 Å². The van der Waals surface area contributed by atoms with Gasteiger partial charge in [0.05, 0.1) is 13.1 Å². The van der Waals surface area contributed by atoms with Crippen LogP contribution >= 0.6 is 0 Å². The summed E-state index contributed by atoms with van der Waals surface area (Å²) in [6.45, 7) is 2.73. The standard InChI is InChI=1S/C40H44N8O6/c1-27-35(49)43-33(23-29-15-7-3-8-16-29)37(51)46-48(26-32-21-13-6-14-22-32)40(54)42-28(2)36(50)44-34(24-30-17-9-4-10-18-30)38(52)45-47(39(53)41-27)25-31-19-11-5-12-20-31/h3-22,27-28,33-34H,23-26H2,1-2H3,(H,41,53)(H,42,54)(H,43,49)(H,44,50)(H,45,52)(H,46,51)/t27-,28-,33?,34?/m0/s1. The van der Waals surface area contributed by atoms with Crippen LogP contribution in [0.3, 0.4) is 0 Å². The molecule has 2 unspecified atom stereocenters. The zero-order chi connectivity index (χ0) is 38.5. The Hall–Kier alpha value is -6.70. The van der Waals surface area contributed by atoms with E-state index in [4.69, 9.17) is 0 Å². The second-order valence-electron chi connectivity index (χ2n) is 12.9. The molecule has 0 saturated carbocycles. The van der Waals surface area contributed by atoms with E-state index in [1.54, 1.807) is 97.1 Å². The summed E-state index contributed by atoms with van der Waals surface area (Å²) in [5, 5.41) is 12.7. The van der Waals surface area contributed by atoms with Crippen molar-refractivity contribution in [2.24, 2.45) is 0 Å². The zero-order valence-electron chi connectivity index (χ0n) is 30.0. The second-order valence-corrected chi connectivity index (χ2v) is 12.9. The molecule has 1 saturated heterocycles. The fourth-order valence-corrected chi connectivity index (χ4v) is 5.65. The van der Waals surface area contributed by atoms with Crippen LogP contribution in [0.2, 0.25) is 0 Å². The smallest absolute Gasteiger partial charge is 0.337 e. The summed E-state index contributed by atoms with van der Waals surface area (Å²) in [5.74, 6) is -2.80. The van der Waals surface area contributed by atoms with Crippen LogP contribution in [0.25, 0.3) is 0 Å². The van der Waals surface area contributed by atoms with E-state index in [0.29, 0.717) is 11.1 Å². The van der Waals surface area contributed by atoms with Gasteiger partial charge in [0.2, 0.25) is 11.8 Å². The molecule has 0 bridgehead atoms. The number of carbonyl (C=O) groups is 6. The highest BCUT2D eigenvalue weighted by molar-refractivity contribution is 5.95. The van der Waals surface area contributed by atoms with Crippen LogP contribution < -0.4 is 32.1 Å². The number of urea groups is 2. The topological polar surface area (TPSA) is 181 Å². The molecule has 0 radical (unpaired) electrons. The summed E-state index contributed by atoms with van der Waals surface area (Å²) in [4.78, 5) is 82.8. The maximum absolute atomic E-state index is 14.0. The molecular formula is C40H44N8O6. The van der Waals surface area contributed by atoms with Crippen molar-refractivity contribution in [1.29, 1.82) is 0 Å². The predicted molar refractivity (Wildman–Crippen MR) is 200 cm³/mol. The van der Waals surface area contributed by atoms with Crippen molar-refractivity contribution in [1.82, 2.24) is 42.1 Å². The number of hydrazine groups is 2. The molecule has 1 aliphatic heterocycles. The van der Waals surface area contributed by atoms with E-state index in [9.17, 15) is 28.8 Å². The molecule has 1 heterocycles. The molecule has 1 fully saturated rings. The Kier molecular flexibility index (Phi) is 13.3. The lowest BCUT2D eigenvalue weighted by atomic mass is 10.0. The van der Waals surface area contributed by atoms with Gasteiger partial charge in [-0.05, 0) is 36.1 Å². The lowest BCUT2D eigenvalue weighted by molar-refractivity contribution is -0.133. The summed E-state index contributed by atoms with van der Waals surface area (Å²) in [6.07, 6.45) is 0.107. The van der Waals surface area contributed by atoms with Gasteiger partial charge in [-0.1, -0.05) is 121 Å². The van der Waals surface area contributed by atoms with Gasteiger partial charge in [0.1, 0.15) is 24.2 Å². The minimum absolute atomic E-state index is 0.0533. The number of rotatable bonds is 8. The molecule has 14 nitrogen and oxygen atoms in total. The second kappa shape index (κ2) is 18.7. The van der Waals surface area contributed by atoms with Crippen LogP contribution in [0, 0.1) is 0 Å². The number of hydrogen-bond acceptors (Lipinski definition) is 6. The molecule has 280 valence electrons. The molecule has 5 rings (SSSR count). The summed E-state index contributed by atoms with van der Waals surface area (Å²) in [6, 6.07) is 29.4. The van der Waals surface area contributed by atoms with Gasteiger partial charge in [0.25, 0.3) is 11.8 Å². The third-order valence-corrected chi connectivity index (χ3v) is 8.65. The van der Waals surface area contributed by atoms with Gasteiger partial charge in [-0.15, -0.1) is 0 Å². The van der Waals surface area contributed by atoms with E-state index in [0.717, 1.165) is 21.1 Å². The molecule has 6 N–H and O–H groups in total. The highest BCUT2D eigenvalue weighted by Crippen LogP contribution is 2.10. The number of benzene rings is 4. The number of amides is 8. The molecule has 14 heteroatoms. The average Bonchev–Trinajstić information content (AvgIpc) is 3.17. The zero-order valence-corrected chi connectivity index (χ0v) is 30.0. The predicted octanol–water partition coefficient (Wildman–Crippen LogP) is 2.72. The molecule has 4 aromatic rings. The van der Waals surface area contributed by atoms with Gasteiger partial charge < -0.3 is 21.3 Å². The first-order chi connectivity index (χ1) is 26.0. The van der Waals surface area contributed by atoms with Crippen molar-refractivity contribution in [3.8, 4) is 0 Å². The van der Waals surface area contributed by atoms with Gasteiger partial charge in [-0.3, -0.25) is 30.0 Å². The van der Waals surface area contributed by atoms with Gasteiger partial charge >= 0.3 is 12.1 Å². The SMILES string of the molecule is C[C@@H]1NC(=O)N(Cc2ccccc2)NC(=O)C(Cc2ccccc2)NC(=O)[C@H](C)NC(=O)N(Cc2ccccc2)NC(=O)C(Cc2ccccc2)NC1=O. The van der Waals surface area contributed by atoms with Gasteiger partial charge in [0.15, 0.2) is 0 Å². The lowest BCUT2D eigenvalue weighted by Gasteiger charge is -2.30. The molecule has 4 atom stereocenters. The quantitative estimate of drug-likeness (QED) is 0.162. The first kappa shape index (κ1) is 38.5. The average molecular weight is 733 g/mol. The van der Waals surface area contributed by atoms with Crippen LogP contribution in [-0.2, 0) is 45.1 Å². The number of nitrogens with zero attached hydrogens (tertiary/aromatic N) is 2. The third-order valence-electron chi connectivity index (χ3n) is 8.65. The van der Waals surface area contributed by atoms with E-state index >= 15 is 0 Å². The van der Waals surface area contributed by atoms with E-state index in [2.05, 4.69) is 32.1 Å². The molecule has 54 heavy (non-hydrogen) atoms. The monoisotopic (exact) mass is 732 g/mol. The summed E-state index contributed by atoms with van der Waals surface area (Å²) in [7, 11) is 0. The van der Waals surface area contributed by atoms with Crippen LogP contribution in [0.15, 0.2) is 121 Å². The van der Waals surface area contributed by atoms with Crippen molar-refractivity contribution in [3.05, 3.63) is 144 Å². The highest BCUT2D eigenvalue weighted by atomic mass is 16.2. The molecular weight excluding hydrogens is 688 g/mol. The summed E-state index contributed by atoms with van der Waals surface area (Å²) in [5.41, 5.74) is 8.05. The van der Waals surface area contributed by atoms with Gasteiger partial charge in [0, 0.05) is 12.8 Å². The fourth-order valence-electron chi connectivity index (χ4n) is 5.65. The summed E-state index contributed by atoms with van der Waals surface area (Å²) >= 11 is 0. The Morgan fingerprint density at radius 1 is 0.407 bits per heavy atom. The van der Waals surface area contributed by atoms with Crippen LogP contribution in [0.1, 0.15) is 36.1 Å². The highest BCUT2D eigenvalue weighted by Gasteiger charge is 2.32. The molecule has 0 spiro atoms. The number of nitrogens with one attached hydrogen (secondary N) is 6. The Morgan fingerprint density at radius 2 is 0.704 bits per heavy atom. The van der Waals surface area contributed by atoms with Crippen LogP contribution in [0.5, 0.6) is 0 Å². The fraction of sp³-hybridized carbons (Fsp3) is 0.250. The Bertz CT molecular complexity index is 1680. The third kappa shape index (κ3) is 11.1. The van der Waals surface area contributed by atoms with E-state index < -0.39 is 59.9 Å². The molecule has 8 amide bonds. The minimum Gasteiger partial charge on any atom is -0.342 e. The Balaban J connectivity index is 1.49. The van der Waals surface area contributed by atoms with Crippen LogP contribution in [0.4, 0.5) is 9.59 Å². The first-order valence-corrected chi connectivity index (χ1v) is 17.6. The Morgan fingerprint density at radius 3 is 1.02 bits per heavy atom. The minimum atomic E-state index is -1.19. The lowest BCUT2D eigenvalue weighted by Crippen LogP contribution is -2.62. The van der Waals surface area contributed by atoms with Crippen molar-refractivity contribution in [3.63, 3.8) is 0 Å². The summed E-state index contributed by atoms with van der Waals surface area (Å²) < 4.78 is 0. The molecule has 1 aliphatic rings. The normalized spacial score (nSPS) is 20.6. The van der Waals surface area contributed by atoms with E-state index in [-0.39, 0.29) is 25.9 Å². The number of hydrogen-bond donors (Lipinski definition) is 6. The largest absolute Gasteiger partial charge is 0.342 e. The van der Waals surface area contributed by atoms with Crippen molar-refractivity contribution in [2.75, 3.05) is 0 Å². The van der Waals surface area contributed by atoms with Crippen molar-refractivity contribution < 1.29 is 28.8 Å². The van der Waals surface area contributed by atoms with Crippen molar-refractivity contribution in [2.45, 2.75) is 63.9 Å². The van der Waals surface area contributed by atoms with Gasteiger partial charge in [-0.25, -0.2) is 19.6 Å².